The molecule has 0 unspecified atom stereocenters. The summed E-state index contributed by atoms with van der Waals surface area (Å²) in [6.07, 6.45) is 3.65. The maximum absolute atomic E-state index is 13.4. The van der Waals surface area contributed by atoms with Crippen molar-refractivity contribution >= 4 is 17.9 Å². The van der Waals surface area contributed by atoms with Crippen LogP contribution in [0.15, 0.2) is 12.1 Å². The number of anilines is 1. The van der Waals surface area contributed by atoms with E-state index < -0.39 is 37.1 Å². The topological polar surface area (TPSA) is 102 Å². The summed E-state index contributed by atoms with van der Waals surface area (Å²) in [6, 6.07) is 3.25. The minimum atomic E-state index is -3.11. The van der Waals surface area contributed by atoms with Gasteiger partial charge in [-0.05, 0) is 56.7 Å². The molecule has 9 nitrogen and oxygen atoms in total. The number of pyridine rings is 1. The molecule has 0 bridgehead atoms. The van der Waals surface area contributed by atoms with Gasteiger partial charge in [0.2, 0.25) is 0 Å². The molecule has 0 saturated carbocycles. The van der Waals surface area contributed by atoms with Crippen molar-refractivity contribution in [3.63, 3.8) is 0 Å². The van der Waals surface area contributed by atoms with Crippen molar-refractivity contribution in [2.75, 3.05) is 58.9 Å². The SMILES string of the molecule is CCC(F)(F)COC(=O)N[C@@H](CCN(CCCCc1ccc2c(n1)NCCC2)CCOC)C(=O)OC. The van der Waals surface area contributed by atoms with E-state index in [1.165, 1.54) is 19.6 Å². The first kappa shape index (κ1) is 29.7. The van der Waals surface area contributed by atoms with Crippen LogP contribution in [0.2, 0.25) is 0 Å². The molecule has 0 aromatic carbocycles. The molecule has 36 heavy (non-hydrogen) atoms. The van der Waals surface area contributed by atoms with Crippen LogP contribution in [0.3, 0.4) is 0 Å². The number of nitrogens with one attached hydrogen (secondary N) is 2. The number of fused-ring (bicyclic) bond motifs is 1. The third-order valence-electron chi connectivity index (χ3n) is 6.16. The summed E-state index contributed by atoms with van der Waals surface area (Å²) in [5, 5.41) is 5.71. The molecular weight excluding hydrogens is 474 g/mol. The van der Waals surface area contributed by atoms with Crippen LogP contribution in [0.5, 0.6) is 0 Å². The van der Waals surface area contributed by atoms with E-state index in [-0.39, 0.29) is 6.42 Å². The molecule has 11 heteroatoms. The van der Waals surface area contributed by atoms with Crippen molar-refractivity contribution in [1.29, 1.82) is 0 Å². The Morgan fingerprint density at radius 2 is 2.03 bits per heavy atom. The first-order valence-electron chi connectivity index (χ1n) is 12.6. The third kappa shape index (κ3) is 10.6. The monoisotopic (exact) mass is 514 g/mol. The lowest BCUT2D eigenvalue weighted by molar-refractivity contribution is -0.143. The quantitative estimate of drug-likeness (QED) is 0.256. The molecule has 2 heterocycles. The van der Waals surface area contributed by atoms with Gasteiger partial charge < -0.3 is 29.7 Å². The fourth-order valence-corrected chi connectivity index (χ4v) is 3.87. The fourth-order valence-electron chi connectivity index (χ4n) is 3.87. The number of carbonyl (C=O) groups excluding carboxylic acids is 2. The van der Waals surface area contributed by atoms with Gasteiger partial charge in [-0.2, -0.15) is 0 Å². The normalized spacial score (nSPS) is 14.1. The first-order chi connectivity index (χ1) is 17.3. The molecular formula is C25H40F2N4O5. The zero-order chi connectivity index (χ0) is 26.4. The number of carbonyl (C=O) groups is 2. The molecule has 0 aliphatic carbocycles. The molecule has 2 rings (SSSR count). The molecule has 1 aliphatic rings. The van der Waals surface area contributed by atoms with E-state index >= 15 is 0 Å². The number of ether oxygens (including phenoxy) is 3. The van der Waals surface area contributed by atoms with Crippen molar-refractivity contribution in [2.45, 2.75) is 63.8 Å². The zero-order valence-electron chi connectivity index (χ0n) is 21.6. The van der Waals surface area contributed by atoms with E-state index in [1.54, 1.807) is 7.11 Å². The minimum Gasteiger partial charge on any atom is -0.467 e. The average molecular weight is 515 g/mol. The molecule has 2 N–H and O–H groups in total. The van der Waals surface area contributed by atoms with Crippen LogP contribution in [0.4, 0.5) is 19.4 Å². The van der Waals surface area contributed by atoms with E-state index in [1.807, 2.05) is 0 Å². The molecule has 1 atom stereocenters. The number of hydrogen-bond acceptors (Lipinski definition) is 8. The van der Waals surface area contributed by atoms with Gasteiger partial charge in [0.25, 0.3) is 5.92 Å². The summed E-state index contributed by atoms with van der Waals surface area (Å²) >= 11 is 0. The lowest BCUT2D eigenvalue weighted by Gasteiger charge is -2.25. The third-order valence-corrected chi connectivity index (χ3v) is 6.16. The largest absolute Gasteiger partial charge is 0.467 e. The van der Waals surface area contributed by atoms with Crippen LogP contribution in [0.1, 0.15) is 50.3 Å². The van der Waals surface area contributed by atoms with Crippen molar-refractivity contribution in [1.82, 2.24) is 15.2 Å². The lowest BCUT2D eigenvalue weighted by Crippen LogP contribution is -2.45. The predicted octanol–water partition coefficient (Wildman–Crippen LogP) is 3.41. The maximum atomic E-state index is 13.4. The summed E-state index contributed by atoms with van der Waals surface area (Å²) in [4.78, 5) is 31.0. The van der Waals surface area contributed by atoms with Gasteiger partial charge in [-0.1, -0.05) is 13.0 Å². The van der Waals surface area contributed by atoms with Gasteiger partial charge in [-0.3, -0.25) is 0 Å². The van der Waals surface area contributed by atoms with Gasteiger partial charge in [0, 0.05) is 38.9 Å². The van der Waals surface area contributed by atoms with Crippen LogP contribution in [-0.2, 0) is 31.8 Å². The van der Waals surface area contributed by atoms with Crippen molar-refractivity contribution in [2.24, 2.45) is 0 Å². The van der Waals surface area contributed by atoms with Crippen LogP contribution < -0.4 is 10.6 Å². The second-order valence-corrected chi connectivity index (χ2v) is 8.93. The summed E-state index contributed by atoms with van der Waals surface area (Å²) in [5.74, 6) is -2.77. The smallest absolute Gasteiger partial charge is 0.408 e. The van der Waals surface area contributed by atoms with Gasteiger partial charge >= 0.3 is 12.1 Å². The standard InChI is InChI=1S/C25H40F2N4O5/c1-4-25(26,27)18-36-24(33)30-21(23(32)35-3)12-15-31(16-17-34-2)14-6-5-9-20-11-10-19-8-7-13-28-22(19)29-20/h10-11,21H,4-9,12-18H2,1-3H3,(H,28,29)(H,30,33)/t21-/m0/s1. The summed E-state index contributed by atoms with van der Waals surface area (Å²) in [7, 11) is 2.83. The number of alkyl carbamates (subject to hydrolysis) is 1. The zero-order valence-corrected chi connectivity index (χ0v) is 21.6. The average Bonchev–Trinajstić information content (AvgIpc) is 2.89. The highest BCUT2D eigenvalue weighted by molar-refractivity contribution is 5.81. The lowest BCUT2D eigenvalue weighted by atomic mass is 10.1. The van der Waals surface area contributed by atoms with Crippen molar-refractivity contribution in [3.05, 3.63) is 23.4 Å². The Morgan fingerprint density at radius 3 is 2.75 bits per heavy atom. The molecule has 0 spiro atoms. The van der Waals surface area contributed by atoms with Crippen LogP contribution >= 0.6 is 0 Å². The predicted molar refractivity (Wildman–Crippen MR) is 132 cm³/mol. The van der Waals surface area contributed by atoms with E-state index in [2.05, 4.69) is 32.4 Å². The number of nitrogens with zero attached hydrogens (tertiary/aromatic N) is 2. The van der Waals surface area contributed by atoms with Gasteiger partial charge in [-0.15, -0.1) is 0 Å². The van der Waals surface area contributed by atoms with E-state index in [9.17, 15) is 18.4 Å². The van der Waals surface area contributed by atoms with E-state index in [0.29, 0.717) is 19.7 Å². The van der Waals surface area contributed by atoms with Crippen LogP contribution in [0, 0.1) is 0 Å². The molecule has 204 valence electrons. The number of rotatable bonds is 16. The van der Waals surface area contributed by atoms with Gasteiger partial charge in [0.05, 0.1) is 13.7 Å². The molecule has 0 fully saturated rings. The van der Waals surface area contributed by atoms with Gasteiger partial charge in [0.15, 0.2) is 6.61 Å². The second-order valence-electron chi connectivity index (χ2n) is 8.93. The Hall–Kier alpha value is -2.53. The number of aryl methyl sites for hydroxylation is 2. The Morgan fingerprint density at radius 1 is 1.22 bits per heavy atom. The first-order valence-corrected chi connectivity index (χ1v) is 12.6. The van der Waals surface area contributed by atoms with Gasteiger partial charge in [0.1, 0.15) is 11.9 Å². The highest BCUT2D eigenvalue weighted by atomic mass is 19.3. The fraction of sp³-hybridized carbons (Fsp3) is 0.720. The van der Waals surface area contributed by atoms with E-state index in [0.717, 1.165) is 56.7 Å². The Balaban J connectivity index is 1.82. The van der Waals surface area contributed by atoms with Crippen LogP contribution in [-0.4, -0.2) is 87.5 Å². The molecule has 0 radical (unpaired) electrons. The summed E-state index contributed by atoms with van der Waals surface area (Å²) in [5.41, 5.74) is 2.33. The highest BCUT2D eigenvalue weighted by Crippen LogP contribution is 2.20. The maximum Gasteiger partial charge on any atom is 0.408 e. The van der Waals surface area contributed by atoms with Crippen LogP contribution in [0.25, 0.3) is 0 Å². The Kier molecular flexibility index (Phi) is 12.8. The number of esters is 1. The number of amides is 1. The number of aromatic nitrogens is 1. The number of alkyl halides is 2. The molecule has 1 aromatic heterocycles. The molecule has 0 saturated heterocycles. The number of unbranched alkanes of at least 4 members (excludes halogenated alkanes) is 1. The molecule has 1 amide bonds. The molecule has 1 aliphatic heterocycles. The summed E-state index contributed by atoms with van der Waals surface area (Å²) < 4.78 is 41.3. The second kappa shape index (κ2) is 15.6. The Bertz CT molecular complexity index is 828. The molecule has 1 aromatic rings. The van der Waals surface area contributed by atoms with E-state index in [4.69, 9.17) is 14.5 Å². The highest BCUT2D eigenvalue weighted by Gasteiger charge is 2.30. The number of halogens is 2. The Labute approximate surface area is 212 Å². The summed E-state index contributed by atoms with van der Waals surface area (Å²) in [6.45, 7) is 3.64. The number of hydrogen-bond donors (Lipinski definition) is 2. The minimum absolute atomic E-state index is 0.244. The van der Waals surface area contributed by atoms with Gasteiger partial charge in [-0.25, -0.2) is 23.4 Å². The van der Waals surface area contributed by atoms with Crippen molar-refractivity contribution < 1.29 is 32.6 Å². The van der Waals surface area contributed by atoms with Crippen molar-refractivity contribution in [3.8, 4) is 0 Å². The number of methoxy groups -OCH3 is 2.